The number of benzene rings is 1. The maximum absolute atomic E-state index is 12.7. The molecule has 0 unspecified atom stereocenters. The molecule has 2 fully saturated rings. The molecule has 0 saturated carbocycles. The number of rotatable bonds is 3. The lowest BCUT2D eigenvalue weighted by molar-refractivity contribution is -0.140. The standard InChI is InChI=1S/C19H20Cl2N4O3/c1-12-9-15(22-28-12)19(27)25-10-13(11-25)18(26)24-7-5-23(6-8-24)16-4-2-3-14(20)17(16)21/h2-4,9,13H,5-8,10-11H2,1H3. The van der Waals surface area contributed by atoms with Crippen LogP contribution in [0.15, 0.2) is 28.8 Å². The third-order valence-corrected chi connectivity index (χ3v) is 6.04. The molecule has 2 amide bonds. The number of carbonyl (C=O) groups is 2. The number of nitrogens with zero attached hydrogens (tertiary/aromatic N) is 4. The Morgan fingerprint density at radius 1 is 1.11 bits per heavy atom. The number of aryl methyl sites for hydroxylation is 1. The van der Waals surface area contributed by atoms with Gasteiger partial charge in [0, 0.05) is 45.3 Å². The first kappa shape index (κ1) is 19.1. The number of anilines is 1. The van der Waals surface area contributed by atoms with Crippen LogP contribution < -0.4 is 4.90 Å². The topological polar surface area (TPSA) is 69.9 Å². The van der Waals surface area contributed by atoms with Crippen molar-refractivity contribution in [1.29, 1.82) is 0 Å². The largest absolute Gasteiger partial charge is 0.367 e. The van der Waals surface area contributed by atoms with E-state index in [4.69, 9.17) is 27.7 Å². The molecule has 7 nitrogen and oxygen atoms in total. The van der Waals surface area contributed by atoms with Gasteiger partial charge in [0.15, 0.2) is 5.69 Å². The maximum Gasteiger partial charge on any atom is 0.276 e. The zero-order valence-corrected chi connectivity index (χ0v) is 16.9. The predicted octanol–water partition coefficient (Wildman–Crippen LogP) is 2.71. The van der Waals surface area contributed by atoms with Gasteiger partial charge in [-0.25, -0.2) is 0 Å². The van der Waals surface area contributed by atoms with Gasteiger partial charge in [-0.1, -0.05) is 34.4 Å². The molecular formula is C19H20Cl2N4O3. The highest BCUT2D eigenvalue weighted by Gasteiger charge is 2.39. The molecule has 3 heterocycles. The van der Waals surface area contributed by atoms with Crippen LogP contribution in [0.2, 0.25) is 10.0 Å². The van der Waals surface area contributed by atoms with Crippen molar-refractivity contribution in [2.45, 2.75) is 6.92 Å². The van der Waals surface area contributed by atoms with Crippen molar-refractivity contribution in [2.75, 3.05) is 44.2 Å². The summed E-state index contributed by atoms with van der Waals surface area (Å²) in [4.78, 5) is 30.7. The van der Waals surface area contributed by atoms with Crippen LogP contribution in [-0.2, 0) is 4.79 Å². The summed E-state index contributed by atoms with van der Waals surface area (Å²) in [7, 11) is 0. The first-order valence-electron chi connectivity index (χ1n) is 9.14. The van der Waals surface area contributed by atoms with Crippen LogP contribution in [0, 0.1) is 12.8 Å². The van der Waals surface area contributed by atoms with Gasteiger partial charge in [-0.3, -0.25) is 9.59 Å². The third-order valence-electron chi connectivity index (χ3n) is 5.23. The normalized spacial score (nSPS) is 17.6. The number of likely N-dealkylation sites (tertiary alicyclic amines) is 1. The number of halogens is 2. The molecular weight excluding hydrogens is 403 g/mol. The summed E-state index contributed by atoms with van der Waals surface area (Å²) in [5.74, 6) is 0.339. The van der Waals surface area contributed by atoms with Crippen molar-refractivity contribution < 1.29 is 14.1 Å². The average Bonchev–Trinajstić information content (AvgIpc) is 3.09. The first-order chi connectivity index (χ1) is 13.4. The summed E-state index contributed by atoms with van der Waals surface area (Å²) in [6, 6.07) is 7.18. The Morgan fingerprint density at radius 2 is 1.82 bits per heavy atom. The second-order valence-corrected chi connectivity index (χ2v) is 7.90. The highest BCUT2D eigenvalue weighted by atomic mass is 35.5. The molecule has 1 aromatic carbocycles. The lowest BCUT2D eigenvalue weighted by atomic mass is 9.97. The van der Waals surface area contributed by atoms with E-state index in [1.54, 1.807) is 24.0 Å². The number of carbonyl (C=O) groups excluding carboxylic acids is 2. The van der Waals surface area contributed by atoms with Crippen molar-refractivity contribution in [3.8, 4) is 0 Å². The molecule has 148 valence electrons. The Morgan fingerprint density at radius 3 is 2.46 bits per heavy atom. The van der Waals surface area contributed by atoms with E-state index in [2.05, 4.69) is 10.1 Å². The fraction of sp³-hybridized carbons (Fsp3) is 0.421. The first-order valence-corrected chi connectivity index (χ1v) is 9.90. The lowest BCUT2D eigenvalue weighted by Crippen LogP contribution is -2.59. The smallest absolute Gasteiger partial charge is 0.276 e. The summed E-state index contributed by atoms with van der Waals surface area (Å²) in [5.41, 5.74) is 1.18. The van der Waals surface area contributed by atoms with Gasteiger partial charge in [0.2, 0.25) is 5.91 Å². The third kappa shape index (κ3) is 3.56. The highest BCUT2D eigenvalue weighted by molar-refractivity contribution is 6.43. The van der Waals surface area contributed by atoms with Gasteiger partial charge in [0.25, 0.3) is 5.91 Å². The summed E-state index contributed by atoms with van der Waals surface area (Å²) in [6.07, 6.45) is 0. The second kappa shape index (κ2) is 7.64. The second-order valence-electron chi connectivity index (χ2n) is 7.12. The van der Waals surface area contributed by atoms with Gasteiger partial charge < -0.3 is 19.2 Å². The minimum Gasteiger partial charge on any atom is -0.367 e. The van der Waals surface area contributed by atoms with Crippen molar-refractivity contribution >= 4 is 40.7 Å². The molecule has 0 bridgehead atoms. The quantitative estimate of drug-likeness (QED) is 0.760. The number of aromatic nitrogens is 1. The van der Waals surface area contributed by atoms with Crippen LogP contribution in [0.4, 0.5) is 5.69 Å². The van der Waals surface area contributed by atoms with Crippen LogP contribution in [0.25, 0.3) is 0 Å². The van der Waals surface area contributed by atoms with Gasteiger partial charge in [-0.05, 0) is 19.1 Å². The van der Waals surface area contributed by atoms with Crippen LogP contribution in [-0.4, -0.2) is 66.0 Å². The van der Waals surface area contributed by atoms with Crippen LogP contribution in [0.3, 0.4) is 0 Å². The van der Waals surface area contributed by atoms with Gasteiger partial charge in [0.05, 0.1) is 21.7 Å². The predicted molar refractivity (Wildman–Crippen MR) is 106 cm³/mol. The number of hydrogen-bond donors (Lipinski definition) is 0. The molecule has 1 aromatic heterocycles. The van der Waals surface area contributed by atoms with Gasteiger partial charge in [0.1, 0.15) is 5.76 Å². The Labute approximate surface area is 172 Å². The van der Waals surface area contributed by atoms with Crippen molar-refractivity contribution in [1.82, 2.24) is 15.0 Å². The Hall–Kier alpha value is -2.25. The molecule has 2 aliphatic rings. The zero-order valence-electron chi connectivity index (χ0n) is 15.4. The van der Waals surface area contributed by atoms with Crippen molar-refractivity contribution in [3.05, 3.63) is 45.8 Å². The van der Waals surface area contributed by atoms with E-state index in [9.17, 15) is 9.59 Å². The van der Waals surface area contributed by atoms with Gasteiger partial charge in [-0.15, -0.1) is 0 Å². The van der Waals surface area contributed by atoms with E-state index in [1.807, 2.05) is 17.0 Å². The monoisotopic (exact) mass is 422 g/mol. The average molecular weight is 423 g/mol. The SMILES string of the molecule is Cc1cc(C(=O)N2CC(C(=O)N3CCN(c4cccc(Cl)c4Cl)CC3)C2)no1. The van der Waals surface area contributed by atoms with Crippen LogP contribution >= 0.6 is 23.2 Å². The molecule has 28 heavy (non-hydrogen) atoms. The lowest BCUT2D eigenvalue weighted by Gasteiger charge is -2.43. The van der Waals surface area contributed by atoms with E-state index in [1.165, 1.54) is 0 Å². The van der Waals surface area contributed by atoms with E-state index in [0.29, 0.717) is 55.1 Å². The molecule has 2 aromatic rings. The minimum absolute atomic E-state index is 0.0947. The Balaban J connectivity index is 1.29. The van der Waals surface area contributed by atoms with Crippen molar-refractivity contribution in [3.63, 3.8) is 0 Å². The van der Waals surface area contributed by atoms with E-state index < -0.39 is 0 Å². The van der Waals surface area contributed by atoms with E-state index >= 15 is 0 Å². The van der Waals surface area contributed by atoms with Crippen LogP contribution in [0.5, 0.6) is 0 Å². The zero-order chi connectivity index (χ0) is 19.8. The van der Waals surface area contributed by atoms with Crippen LogP contribution in [0.1, 0.15) is 16.2 Å². The molecule has 0 spiro atoms. The number of hydrogen-bond acceptors (Lipinski definition) is 5. The molecule has 2 saturated heterocycles. The molecule has 0 atom stereocenters. The summed E-state index contributed by atoms with van der Waals surface area (Å²) in [6.45, 7) is 5.21. The summed E-state index contributed by atoms with van der Waals surface area (Å²) in [5, 5.41) is 4.81. The fourth-order valence-electron chi connectivity index (χ4n) is 3.59. The van der Waals surface area contributed by atoms with Gasteiger partial charge >= 0.3 is 0 Å². The molecule has 4 rings (SSSR count). The number of amides is 2. The fourth-order valence-corrected chi connectivity index (χ4v) is 4.01. The van der Waals surface area contributed by atoms with Crippen molar-refractivity contribution in [2.24, 2.45) is 5.92 Å². The highest BCUT2D eigenvalue weighted by Crippen LogP contribution is 2.33. The molecule has 9 heteroatoms. The molecule has 0 N–H and O–H groups in total. The summed E-state index contributed by atoms with van der Waals surface area (Å²) >= 11 is 12.4. The summed E-state index contributed by atoms with van der Waals surface area (Å²) < 4.78 is 4.94. The molecule has 2 aliphatic heterocycles. The molecule has 0 radical (unpaired) electrons. The minimum atomic E-state index is -0.193. The van der Waals surface area contributed by atoms with Gasteiger partial charge in [-0.2, -0.15) is 0 Å². The maximum atomic E-state index is 12.7. The number of piperazine rings is 1. The molecule has 0 aliphatic carbocycles. The Bertz CT molecular complexity index is 902. The van der Waals surface area contributed by atoms with E-state index in [-0.39, 0.29) is 23.4 Å². The Kier molecular flexibility index (Phi) is 5.21. The van der Waals surface area contributed by atoms with E-state index in [0.717, 1.165) is 5.69 Å².